The van der Waals surface area contributed by atoms with Crippen molar-refractivity contribution >= 4 is 47.1 Å². The molecule has 1 aromatic carbocycles. The van der Waals surface area contributed by atoms with Gasteiger partial charge in [-0.25, -0.2) is 0 Å². The Morgan fingerprint density at radius 1 is 1.28 bits per heavy atom. The Labute approximate surface area is 186 Å². The van der Waals surface area contributed by atoms with Gasteiger partial charge < -0.3 is 14.8 Å². The van der Waals surface area contributed by atoms with Crippen LogP contribution in [0.4, 0.5) is 0 Å². The molecule has 1 N–H and O–H groups in total. The smallest absolute Gasteiger partial charge is 0.232 e. The summed E-state index contributed by atoms with van der Waals surface area (Å²) in [5.41, 5.74) is 3.58. The van der Waals surface area contributed by atoms with Gasteiger partial charge in [0.2, 0.25) is 11.8 Å². The molecule has 7 nitrogen and oxygen atoms in total. The number of aromatic nitrogens is 3. The SMILES string of the molecule is CCC(=O)NCCc1c(C)n(SI)c2ccc(OCCOc3ccn(C)n3)cc12. The van der Waals surface area contributed by atoms with E-state index in [4.69, 9.17) is 9.47 Å². The van der Waals surface area contributed by atoms with Gasteiger partial charge in [0, 0.05) is 73.7 Å². The van der Waals surface area contributed by atoms with Crippen LogP contribution < -0.4 is 14.8 Å². The number of nitrogens with one attached hydrogen (secondary N) is 1. The molecule has 0 radical (unpaired) electrons. The van der Waals surface area contributed by atoms with Gasteiger partial charge in [-0.15, -0.1) is 5.10 Å². The van der Waals surface area contributed by atoms with E-state index in [2.05, 4.69) is 54.6 Å². The number of hydrogen-bond acceptors (Lipinski definition) is 5. The first-order chi connectivity index (χ1) is 14.0. The lowest BCUT2D eigenvalue weighted by Gasteiger charge is -2.08. The van der Waals surface area contributed by atoms with Crippen molar-refractivity contribution in [3.05, 3.63) is 41.7 Å². The Kier molecular flexibility index (Phi) is 7.70. The van der Waals surface area contributed by atoms with E-state index in [0.717, 1.165) is 23.1 Å². The molecular weight excluding hydrogens is 503 g/mol. The third-order valence-corrected chi connectivity index (χ3v) is 6.42. The molecule has 2 heterocycles. The van der Waals surface area contributed by atoms with Gasteiger partial charge in [-0.3, -0.25) is 13.4 Å². The second-order valence-corrected chi connectivity index (χ2v) is 8.27. The van der Waals surface area contributed by atoms with E-state index in [0.29, 0.717) is 32.1 Å². The number of hydrogen-bond donors (Lipinski definition) is 1. The first kappa shape index (κ1) is 21.8. The van der Waals surface area contributed by atoms with Crippen LogP contribution in [0.1, 0.15) is 24.6 Å². The minimum absolute atomic E-state index is 0.0755. The van der Waals surface area contributed by atoms with E-state index in [9.17, 15) is 4.79 Å². The van der Waals surface area contributed by atoms with Crippen LogP contribution in [0.15, 0.2) is 30.5 Å². The first-order valence-corrected chi connectivity index (χ1v) is 12.8. The van der Waals surface area contributed by atoms with Gasteiger partial charge in [0.1, 0.15) is 19.0 Å². The van der Waals surface area contributed by atoms with Crippen molar-refractivity contribution < 1.29 is 14.3 Å². The Morgan fingerprint density at radius 3 is 2.76 bits per heavy atom. The molecule has 0 bridgehead atoms. The molecule has 156 valence electrons. The number of nitrogens with zero attached hydrogens (tertiary/aromatic N) is 3. The second kappa shape index (κ2) is 10.2. The van der Waals surface area contributed by atoms with Crippen molar-refractivity contribution in [2.24, 2.45) is 7.05 Å². The summed E-state index contributed by atoms with van der Waals surface area (Å²) >= 11 is 2.29. The highest BCUT2D eigenvalue weighted by atomic mass is 127. The molecule has 1 amide bonds. The zero-order chi connectivity index (χ0) is 20.8. The second-order valence-electron chi connectivity index (χ2n) is 6.58. The number of carbonyl (C=O) groups is 1. The largest absolute Gasteiger partial charge is 0.490 e. The zero-order valence-electron chi connectivity index (χ0n) is 16.8. The van der Waals surface area contributed by atoms with Crippen molar-refractivity contribution in [1.29, 1.82) is 0 Å². The van der Waals surface area contributed by atoms with Gasteiger partial charge >= 0.3 is 0 Å². The fourth-order valence-electron chi connectivity index (χ4n) is 3.15. The average Bonchev–Trinajstić information content (AvgIpc) is 3.25. The third-order valence-electron chi connectivity index (χ3n) is 4.63. The monoisotopic (exact) mass is 528 g/mol. The van der Waals surface area contributed by atoms with Crippen molar-refractivity contribution in [2.45, 2.75) is 26.7 Å². The quantitative estimate of drug-likeness (QED) is 0.318. The first-order valence-electron chi connectivity index (χ1n) is 9.48. The minimum Gasteiger partial charge on any atom is -0.490 e. The van der Waals surface area contributed by atoms with Crippen LogP contribution >= 0.6 is 30.3 Å². The summed E-state index contributed by atoms with van der Waals surface area (Å²) in [5.74, 6) is 1.47. The summed E-state index contributed by atoms with van der Waals surface area (Å²) in [5, 5.41) is 8.29. The topological polar surface area (TPSA) is 70.3 Å². The number of ether oxygens (including phenoxy) is 2. The summed E-state index contributed by atoms with van der Waals surface area (Å²) in [6, 6.07) is 7.96. The molecule has 0 fully saturated rings. The lowest BCUT2D eigenvalue weighted by Crippen LogP contribution is -2.24. The minimum atomic E-state index is 0.0755. The van der Waals surface area contributed by atoms with Crippen LogP contribution in [0.5, 0.6) is 11.6 Å². The number of benzene rings is 1. The Bertz CT molecular complexity index is 986. The van der Waals surface area contributed by atoms with Gasteiger partial charge in [0.05, 0.1) is 5.52 Å². The number of amides is 1. The lowest BCUT2D eigenvalue weighted by atomic mass is 10.1. The molecule has 0 aliphatic rings. The third kappa shape index (κ3) is 5.39. The molecule has 3 aromatic rings. The van der Waals surface area contributed by atoms with Crippen LogP contribution in [0.2, 0.25) is 0 Å². The van der Waals surface area contributed by atoms with E-state index in [-0.39, 0.29) is 5.91 Å². The summed E-state index contributed by atoms with van der Waals surface area (Å²) in [7, 11) is 3.50. The van der Waals surface area contributed by atoms with Crippen LogP contribution in [0.25, 0.3) is 10.9 Å². The maximum atomic E-state index is 11.6. The maximum Gasteiger partial charge on any atom is 0.232 e. The average molecular weight is 528 g/mol. The number of halogens is 1. The summed E-state index contributed by atoms with van der Waals surface area (Å²) in [4.78, 5) is 11.6. The number of carbonyl (C=O) groups excluding carboxylic acids is 1. The molecule has 0 aliphatic carbocycles. The molecule has 0 saturated carbocycles. The van der Waals surface area contributed by atoms with E-state index >= 15 is 0 Å². The standard InChI is InChI=1S/C20H25IN4O3S/c1-4-19(26)22-9-7-16-14(2)25(29-21)18-6-5-15(13-17(16)18)27-11-12-28-20-8-10-24(3)23-20/h5-6,8,10,13H,4,7,9,11-12H2,1-3H3,(H,22,26). The molecular formula is C20H25IN4O3S. The maximum absolute atomic E-state index is 11.6. The Morgan fingerprint density at radius 2 is 2.07 bits per heavy atom. The van der Waals surface area contributed by atoms with Crippen LogP contribution in [-0.2, 0) is 18.3 Å². The number of aryl methyl sites for hydroxylation is 1. The molecule has 29 heavy (non-hydrogen) atoms. The molecule has 2 aromatic heterocycles. The van der Waals surface area contributed by atoms with E-state index in [1.807, 2.05) is 32.3 Å². The lowest BCUT2D eigenvalue weighted by molar-refractivity contribution is -0.120. The van der Waals surface area contributed by atoms with Crippen molar-refractivity contribution in [3.8, 4) is 11.6 Å². The van der Waals surface area contributed by atoms with Crippen LogP contribution in [-0.4, -0.2) is 39.4 Å². The fraction of sp³-hybridized carbons (Fsp3) is 0.400. The highest BCUT2D eigenvalue weighted by Crippen LogP contribution is 2.34. The predicted molar refractivity (Wildman–Crippen MR) is 125 cm³/mol. The number of rotatable bonds is 10. The van der Waals surface area contributed by atoms with Gasteiger partial charge in [0.15, 0.2) is 0 Å². The fourth-order valence-corrected chi connectivity index (χ4v) is 5.12. The molecule has 3 rings (SSSR count). The zero-order valence-corrected chi connectivity index (χ0v) is 19.7. The van der Waals surface area contributed by atoms with Gasteiger partial charge in [-0.2, -0.15) is 0 Å². The van der Waals surface area contributed by atoms with Gasteiger partial charge in [0.25, 0.3) is 0 Å². The van der Waals surface area contributed by atoms with Crippen LogP contribution in [0, 0.1) is 6.92 Å². The Balaban J connectivity index is 1.69. The van der Waals surface area contributed by atoms with E-state index < -0.39 is 0 Å². The summed E-state index contributed by atoms with van der Waals surface area (Å²) in [6.07, 6.45) is 3.13. The highest BCUT2D eigenvalue weighted by molar-refractivity contribution is 14.2. The number of fused-ring (bicyclic) bond motifs is 1. The molecule has 0 aliphatic heterocycles. The molecule has 0 atom stereocenters. The predicted octanol–water partition coefficient (Wildman–Crippen LogP) is 4.06. The highest BCUT2D eigenvalue weighted by Gasteiger charge is 2.15. The molecule has 9 heteroatoms. The Hall–Kier alpha value is -1.88. The van der Waals surface area contributed by atoms with Crippen molar-refractivity contribution in [2.75, 3.05) is 19.8 Å². The van der Waals surface area contributed by atoms with Gasteiger partial charge in [-0.1, -0.05) is 6.92 Å². The van der Waals surface area contributed by atoms with Crippen molar-refractivity contribution in [3.63, 3.8) is 0 Å². The van der Waals surface area contributed by atoms with Crippen molar-refractivity contribution in [1.82, 2.24) is 19.1 Å². The molecule has 0 unspecified atom stereocenters. The van der Waals surface area contributed by atoms with Gasteiger partial charge in [-0.05, 0) is 37.1 Å². The summed E-state index contributed by atoms with van der Waals surface area (Å²) < 4.78 is 15.4. The summed E-state index contributed by atoms with van der Waals surface area (Å²) in [6.45, 7) is 5.46. The van der Waals surface area contributed by atoms with Crippen LogP contribution in [0.3, 0.4) is 0 Å². The van der Waals surface area contributed by atoms with E-state index in [1.165, 1.54) is 11.3 Å². The normalized spacial score (nSPS) is 11.0. The molecule has 0 saturated heterocycles. The van der Waals surface area contributed by atoms with E-state index in [1.54, 1.807) is 13.8 Å². The molecule has 0 spiro atoms.